The zero-order valence-electron chi connectivity index (χ0n) is 16.6. The lowest BCUT2D eigenvalue weighted by atomic mass is 10.0. The van der Waals surface area contributed by atoms with Crippen molar-refractivity contribution in [3.8, 4) is 0 Å². The molecule has 0 aromatic carbocycles. The van der Waals surface area contributed by atoms with Crippen LogP contribution in [0.5, 0.6) is 0 Å². The topological polar surface area (TPSA) is 214 Å². The van der Waals surface area contributed by atoms with Crippen LogP contribution in [0.15, 0.2) is 0 Å². The number of rotatable bonds is 14. The van der Waals surface area contributed by atoms with Crippen molar-refractivity contribution in [3.05, 3.63) is 0 Å². The van der Waals surface area contributed by atoms with Gasteiger partial charge < -0.3 is 37.6 Å². The maximum Gasteiger partial charge on any atom is 0.322 e. The molecule has 0 rings (SSSR count). The van der Waals surface area contributed by atoms with Gasteiger partial charge in [-0.05, 0) is 31.7 Å². The number of carboxylic acid groups (broad SMARTS) is 2. The minimum absolute atomic E-state index is 0.160. The summed E-state index contributed by atoms with van der Waals surface area (Å²) in [5, 5.41) is 24.5. The molecule has 0 aromatic rings. The van der Waals surface area contributed by atoms with Crippen LogP contribution >= 0.6 is 0 Å². The molecule has 0 spiro atoms. The van der Waals surface area contributed by atoms with E-state index >= 15 is 0 Å². The third kappa shape index (κ3) is 11.0. The third-order valence-electron chi connectivity index (χ3n) is 4.03. The van der Waals surface area contributed by atoms with E-state index in [1.165, 1.54) is 0 Å². The minimum Gasteiger partial charge on any atom is -0.481 e. The zero-order valence-corrected chi connectivity index (χ0v) is 16.6. The normalized spacial score (nSPS) is 13.8. The first kappa shape index (κ1) is 26.3. The van der Waals surface area contributed by atoms with Gasteiger partial charge in [-0.1, -0.05) is 13.8 Å². The van der Waals surface area contributed by atoms with Gasteiger partial charge in [0.15, 0.2) is 0 Å². The molecule has 12 heteroatoms. The van der Waals surface area contributed by atoms with Gasteiger partial charge in [-0.25, -0.2) is 0 Å². The van der Waals surface area contributed by atoms with Crippen LogP contribution in [-0.2, 0) is 24.0 Å². The van der Waals surface area contributed by atoms with E-state index in [0.29, 0.717) is 19.4 Å². The van der Waals surface area contributed by atoms with Crippen molar-refractivity contribution >= 4 is 29.7 Å². The molecule has 0 aliphatic carbocycles. The number of carbonyl (C=O) groups excluding carboxylic acids is 3. The van der Waals surface area contributed by atoms with E-state index in [-0.39, 0.29) is 12.3 Å². The largest absolute Gasteiger partial charge is 0.481 e. The Balaban J connectivity index is 5.25. The molecule has 0 aliphatic rings. The maximum atomic E-state index is 12.5. The summed E-state index contributed by atoms with van der Waals surface area (Å²) < 4.78 is 0. The van der Waals surface area contributed by atoms with Gasteiger partial charge in [-0.2, -0.15) is 0 Å². The molecule has 0 radical (unpaired) electrons. The van der Waals surface area contributed by atoms with Gasteiger partial charge in [-0.15, -0.1) is 0 Å². The Bertz CT molecular complexity index is 597. The molecule has 0 fully saturated rings. The molecular formula is C17H31N5O7. The molecule has 0 saturated carbocycles. The SMILES string of the molecule is CC(C)C(N)C(=O)NC(CC(=O)O)C(=O)NC(CCCCN)C(=O)NCC(=O)O. The first-order valence-electron chi connectivity index (χ1n) is 9.27. The number of amides is 3. The second kappa shape index (κ2) is 13.4. The Hall–Kier alpha value is -2.73. The summed E-state index contributed by atoms with van der Waals surface area (Å²) in [6, 6.07) is -3.51. The van der Waals surface area contributed by atoms with Crippen molar-refractivity contribution in [3.63, 3.8) is 0 Å². The average Bonchev–Trinajstić information content (AvgIpc) is 2.63. The molecule has 3 unspecified atom stereocenters. The molecule has 0 bridgehead atoms. The van der Waals surface area contributed by atoms with E-state index in [1.807, 2.05) is 0 Å². The van der Waals surface area contributed by atoms with Crippen molar-refractivity contribution in [1.82, 2.24) is 16.0 Å². The lowest BCUT2D eigenvalue weighted by Crippen LogP contribution is -2.57. The number of hydrogen-bond acceptors (Lipinski definition) is 7. The van der Waals surface area contributed by atoms with Crippen molar-refractivity contribution < 1.29 is 34.2 Å². The zero-order chi connectivity index (χ0) is 22.6. The molecule has 3 atom stereocenters. The summed E-state index contributed by atoms with van der Waals surface area (Å²) in [7, 11) is 0. The third-order valence-corrected chi connectivity index (χ3v) is 4.03. The second-order valence-electron chi connectivity index (χ2n) is 6.89. The van der Waals surface area contributed by atoms with E-state index in [0.717, 1.165) is 0 Å². The predicted octanol–water partition coefficient (Wildman–Crippen LogP) is -2.26. The van der Waals surface area contributed by atoms with Crippen molar-refractivity contribution in [2.75, 3.05) is 13.1 Å². The molecular weight excluding hydrogens is 386 g/mol. The molecule has 0 heterocycles. The highest BCUT2D eigenvalue weighted by atomic mass is 16.4. The summed E-state index contributed by atoms with van der Waals surface area (Å²) in [5.74, 6) is -5.16. The van der Waals surface area contributed by atoms with Gasteiger partial charge in [0.25, 0.3) is 0 Å². The van der Waals surface area contributed by atoms with E-state index in [4.69, 9.17) is 21.7 Å². The second-order valence-corrected chi connectivity index (χ2v) is 6.89. The van der Waals surface area contributed by atoms with Crippen LogP contribution in [0.25, 0.3) is 0 Å². The van der Waals surface area contributed by atoms with E-state index < -0.39 is 60.8 Å². The fraction of sp³-hybridized carbons (Fsp3) is 0.706. The smallest absolute Gasteiger partial charge is 0.322 e. The quantitative estimate of drug-likeness (QED) is 0.152. The van der Waals surface area contributed by atoms with Gasteiger partial charge in [0, 0.05) is 0 Å². The van der Waals surface area contributed by atoms with Gasteiger partial charge in [0.1, 0.15) is 18.6 Å². The highest BCUT2D eigenvalue weighted by molar-refractivity contribution is 5.95. The Morgan fingerprint density at radius 3 is 1.93 bits per heavy atom. The van der Waals surface area contributed by atoms with Crippen LogP contribution in [0, 0.1) is 5.92 Å². The summed E-state index contributed by atoms with van der Waals surface area (Å²) in [6.07, 6.45) is 0.482. The number of carbonyl (C=O) groups is 5. The van der Waals surface area contributed by atoms with E-state index in [1.54, 1.807) is 13.8 Å². The fourth-order valence-electron chi connectivity index (χ4n) is 2.27. The highest BCUT2D eigenvalue weighted by Crippen LogP contribution is 2.04. The fourth-order valence-corrected chi connectivity index (χ4v) is 2.27. The number of nitrogens with two attached hydrogens (primary N) is 2. The molecule has 12 nitrogen and oxygen atoms in total. The molecule has 0 aliphatic heterocycles. The molecule has 0 saturated heterocycles. The first-order valence-corrected chi connectivity index (χ1v) is 9.27. The van der Waals surface area contributed by atoms with Crippen LogP contribution < -0.4 is 27.4 Å². The summed E-state index contributed by atoms with van der Waals surface area (Å²) in [5.41, 5.74) is 11.1. The van der Waals surface area contributed by atoms with Crippen LogP contribution in [-0.4, -0.2) is 71.1 Å². The molecule has 166 valence electrons. The summed E-state index contributed by atoms with van der Waals surface area (Å²) in [4.78, 5) is 58.6. The van der Waals surface area contributed by atoms with Crippen LogP contribution in [0.3, 0.4) is 0 Å². The van der Waals surface area contributed by atoms with Gasteiger partial charge in [0.05, 0.1) is 12.5 Å². The number of aliphatic carboxylic acids is 2. The van der Waals surface area contributed by atoms with Crippen LogP contribution in [0.1, 0.15) is 39.5 Å². The number of nitrogens with one attached hydrogen (secondary N) is 3. The highest BCUT2D eigenvalue weighted by Gasteiger charge is 2.30. The number of hydrogen-bond donors (Lipinski definition) is 7. The van der Waals surface area contributed by atoms with Crippen molar-refractivity contribution in [2.45, 2.75) is 57.7 Å². The van der Waals surface area contributed by atoms with Crippen LogP contribution in [0.2, 0.25) is 0 Å². The van der Waals surface area contributed by atoms with E-state index in [2.05, 4.69) is 16.0 Å². The average molecular weight is 417 g/mol. The summed E-state index contributed by atoms with van der Waals surface area (Å²) >= 11 is 0. The molecule has 9 N–H and O–H groups in total. The number of unbranched alkanes of at least 4 members (excludes halogenated alkanes) is 1. The lowest BCUT2D eigenvalue weighted by molar-refractivity contribution is -0.141. The molecule has 0 aromatic heterocycles. The molecule has 3 amide bonds. The Morgan fingerprint density at radius 1 is 0.862 bits per heavy atom. The van der Waals surface area contributed by atoms with Gasteiger partial charge in [-0.3, -0.25) is 24.0 Å². The lowest BCUT2D eigenvalue weighted by Gasteiger charge is -2.24. The monoisotopic (exact) mass is 417 g/mol. The minimum atomic E-state index is -1.45. The van der Waals surface area contributed by atoms with Gasteiger partial charge in [0.2, 0.25) is 17.7 Å². The Labute approximate surface area is 168 Å². The molecule has 29 heavy (non-hydrogen) atoms. The Kier molecular flexibility index (Phi) is 12.2. The number of carboxylic acids is 2. The van der Waals surface area contributed by atoms with Crippen molar-refractivity contribution in [2.24, 2.45) is 17.4 Å². The van der Waals surface area contributed by atoms with Gasteiger partial charge >= 0.3 is 11.9 Å². The van der Waals surface area contributed by atoms with Crippen LogP contribution in [0.4, 0.5) is 0 Å². The van der Waals surface area contributed by atoms with E-state index in [9.17, 15) is 24.0 Å². The summed E-state index contributed by atoms with van der Waals surface area (Å²) in [6.45, 7) is 3.11. The maximum absolute atomic E-state index is 12.5. The predicted molar refractivity (Wildman–Crippen MR) is 102 cm³/mol. The standard InChI is InChI=1S/C17H31N5O7/c1-9(2)14(19)17(29)22-11(7-12(23)24)16(28)21-10(5-3-4-6-18)15(27)20-8-13(25)26/h9-11,14H,3-8,18-19H2,1-2H3,(H,20,27)(H,21,28)(H,22,29)(H,23,24)(H,25,26). The first-order chi connectivity index (χ1) is 13.5. The Morgan fingerprint density at radius 2 is 1.45 bits per heavy atom. The van der Waals surface area contributed by atoms with Crippen molar-refractivity contribution in [1.29, 1.82) is 0 Å².